The number of likely N-dealkylation sites (tertiary alicyclic amines) is 1. The molecule has 3 aromatic rings. The molecule has 2 aliphatic heterocycles. The van der Waals surface area contributed by atoms with Crippen molar-refractivity contribution in [2.24, 2.45) is 0 Å². The average molecular weight is 428 g/mol. The van der Waals surface area contributed by atoms with E-state index in [1.165, 1.54) is 0 Å². The van der Waals surface area contributed by atoms with Gasteiger partial charge in [0.25, 0.3) is 17.4 Å². The van der Waals surface area contributed by atoms with Gasteiger partial charge in [0.1, 0.15) is 11.4 Å². The van der Waals surface area contributed by atoms with E-state index in [4.69, 9.17) is 0 Å². The van der Waals surface area contributed by atoms with E-state index in [1.54, 1.807) is 6.20 Å². The van der Waals surface area contributed by atoms with Gasteiger partial charge in [-0.2, -0.15) is 4.98 Å². The molecule has 2 aliphatic rings. The van der Waals surface area contributed by atoms with Crippen molar-refractivity contribution in [2.45, 2.75) is 31.3 Å². The molecule has 162 valence electrons. The third-order valence-electron chi connectivity index (χ3n) is 6.50. The molecule has 1 fully saturated rings. The average Bonchev–Trinajstić information content (AvgIpc) is 3.42. The Hall–Kier alpha value is -3.74. The fourth-order valence-electron chi connectivity index (χ4n) is 4.76. The Labute approximate surface area is 185 Å². The van der Waals surface area contributed by atoms with E-state index in [-0.39, 0.29) is 16.9 Å². The molecule has 1 N–H and O–H groups in total. The summed E-state index contributed by atoms with van der Waals surface area (Å²) in [6.45, 7) is 2.19. The summed E-state index contributed by atoms with van der Waals surface area (Å²) in [5.41, 5.74) is 0.831. The molecule has 0 radical (unpaired) electrons. The van der Waals surface area contributed by atoms with Gasteiger partial charge >= 0.3 is 0 Å². The molecule has 1 atom stereocenters. The molecule has 1 aromatic heterocycles. The number of fused-ring (bicyclic) bond motifs is 2. The van der Waals surface area contributed by atoms with Gasteiger partial charge in [0.05, 0.1) is 0 Å². The standard InChI is InChI=1S/C25H24N4O3/c30-21(26-15-18-7-3-1-4-8-18)20-16-28-13-11-25(24(28)27-22(20)31)12-14-29(17-25)23(32)19-9-5-2-6-10-19/h1-10,16H,11-15,17H2,(H,26,30). The number of aryl methyl sites for hydroxylation is 1. The van der Waals surface area contributed by atoms with Crippen molar-refractivity contribution >= 4 is 11.8 Å². The zero-order valence-corrected chi connectivity index (χ0v) is 17.7. The van der Waals surface area contributed by atoms with Crippen LogP contribution in [0.2, 0.25) is 0 Å². The van der Waals surface area contributed by atoms with Gasteiger partial charge in [0.15, 0.2) is 0 Å². The number of amides is 2. The normalized spacial score (nSPS) is 19.2. The number of carbonyl (C=O) groups excluding carboxylic acids is 2. The number of aromatic nitrogens is 2. The monoisotopic (exact) mass is 428 g/mol. The van der Waals surface area contributed by atoms with Crippen LogP contribution in [-0.4, -0.2) is 39.4 Å². The van der Waals surface area contributed by atoms with Crippen LogP contribution in [0.4, 0.5) is 0 Å². The molecule has 1 saturated heterocycles. The fraction of sp³-hybridized carbons (Fsp3) is 0.280. The van der Waals surface area contributed by atoms with Gasteiger partial charge in [0.2, 0.25) is 0 Å². The second kappa shape index (κ2) is 8.07. The second-order valence-electron chi connectivity index (χ2n) is 8.52. The first-order valence-corrected chi connectivity index (χ1v) is 10.8. The summed E-state index contributed by atoms with van der Waals surface area (Å²) in [4.78, 5) is 44.4. The van der Waals surface area contributed by atoms with Crippen LogP contribution < -0.4 is 10.9 Å². The Balaban J connectivity index is 1.34. The van der Waals surface area contributed by atoms with Gasteiger partial charge in [-0.05, 0) is 30.5 Å². The minimum atomic E-state index is -0.518. The maximum atomic E-state index is 12.9. The van der Waals surface area contributed by atoms with Crippen molar-refractivity contribution in [3.05, 3.63) is 99.7 Å². The summed E-state index contributed by atoms with van der Waals surface area (Å²) < 4.78 is 1.91. The minimum absolute atomic E-state index is 0.000168. The smallest absolute Gasteiger partial charge is 0.285 e. The minimum Gasteiger partial charge on any atom is -0.348 e. The fourth-order valence-corrected chi connectivity index (χ4v) is 4.76. The van der Waals surface area contributed by atoms with E-state index < -0.39 is 11.5 Å². The van der Waals surface area contributed by atoms with Crippen LogP contribution in [0.1, 0.15) is 44.9 Å². The van der Waals surface area contributed by atoms with Crippen LogP contribution in [-0.2, 0) is 18.5 Å². The number of carbonyl (C=O) groups is 2. The van der Waals surface area contributed by atoms with Crippen molar-refractivity contribution in [1.82, 2.24) is 19.8 Å². The third-order valence-corrected chi connectivity index (χ3v) is 6.50. The highest BCUT2D eigenvalue weighted by atomic mass is 16.2. The quantitative estimate of drug-likeness (QED) is 0.692. The first-order valence-electron chi connectivity index (χ1n) is 10.8. The Kier molecular flexibility index (Phi) is 5.09. The Morgan fingerprint density at radius 2 is 1.66 bits per heavy atom. The van der Waals surface area contributed by atoms with Gasteiger partial charge in [-0.15, -0.1) is 0 Å². The van der Waals surface area contributed by atoms with Crippen LogP contribution in [0.3, 0.4) is 0 Å². The molecule has 0 bridgehead atoms. The molecule has 5 rings (SSSR count). The number of benzene rings is 2. The lowest BCUT2D eigenvalue weighted by Crippen LogP contribution is -2.36. The summed E-state index contributed by atoms with van der Waals surface area (Å²) in [5, 5.41) is 2.80. The third kappa shape index (κ3) is 3.60. The van der Waals surface area contributed by atoms with Crippen LogP contribution >= 0.6 is 0 Å². The van der Waals surface area contributed by atoms with Crippen molar-refractivity contribution in [3.8, 4) is 0 Å². The largest absolute Gasteiger partial charge is 0.348 e. The number of rotatable bonds is 4. The Bertz CT molecular complexity index is 1220. The molecule has 32 heavy (non-hydrogen) atoms. The summed E-state index contributed by atoms with van der Waals surface area (Å²) in [5.74, 6) is 0.264. The predicted molar refractivity (Wildman–Crippen MR) is 119 cm³/mol. The highest BCUT2D eigenvalue weighted by Gasteiger charge is 2.47. The molecule has 2 aromatic carbocycles. The van der Waals surface area contributed by atoms with E-state index >= 15 is 0 Å². The van der Waals surface area contributed by atoms with E-state index in [2.05, 4.69) is 10.3 Å². The van der Waals surface area contributed by atoms with Gasteiger partial charge in [-0.1, -0.05) is 48.5 Å². The molecule has 7 heteroatoms. The molecule has 1 unspecified atom stereocenters. The van der Waals surface area contributed by atoms with E-state index in [1.807, 2.05) is 70.1 Å². The van der Waals surface area contributed by atoms with Crippen LogP contribution in [0.5, 0.6) is 0 Å². The van der Waals surface area contributed by atoms with Crippen molar-refractivity contribution in [2.75, 3.05) is 13.1 Å². The number of hydrogen-bond acceptors (Lipinski definition) is 4. The molecule has 0 saturated carbocycles. The Morgan fingerprint density at radius 1 is 0.969 bits per heavy atom. The van der Waals surface area contributed by atoms with E-state index in [0.29, 0.717) is 37.6 Å². The summed E-state index contributed by atoms with van der Waals surface area (Å²) in [7, 11) is 0. The second-order valence-corrected chi connectivity index (χ2v) is 8.52. The molecule has 2 amide bonds. The summed E-state index contributed by atoms with van der Waals surface area (Å²) >= 11 is 0. The van der Waals surface area contributed by atoms with Gasteiger partial charge in [-0.3, -0.25) is 14.4 Å². The van der Waals surface area contributed by atoms with Gasteiger partial charge in [0, 0.05) is 43.4 Å². The number of hydrogen-bond donors (Lipinski definition) is 1. The molecule has 0 aliphatic carbocycles. The zero-order valence-electron chi connectivity index (χ0n) is 17.7. The van der Waals surface area contributed by atoms with Crippen LogP contribution in [0, 0.1) is 0 Å². The van der Waals surface area contributed by atoms with E-state index in [0.717, 1.165) is 18.4 Å². The van der Waals surface area contributed by atoms with Crippen LogP contribution in [0.25, 0.3) is 0 Å². The first kappa shape index (κ1) is 20.2. The number of nitrogens with one attached hydrogen (secondary N) is 1. The lowest BCUT2D eigenvalue weighted by molar-refractivity contribution is 0.0783. The molecular formula is C25H24N4O3. The SMILES string of the molecule is O=C(NCc1ccccc1)c1cn2c(nc1=O)C1(CCN(C(=O)c3ccccc3)C1)CC2. The van der Waals surface area contributed by atoms with Gasteiger partial charge < -0.3 is 14.8 Å². The van der Waals surface area contributed by atoms with Crippen molar-refractivity contribution in [3.63, 3.8) is 0 Å². The number of nitrogens with zero attached hydrogens (tertiary/aromatic N) is 3. The Morgan fingerprint density at radius 3 is 2.41 bits per heavy atom. The summed E-state index contributed by atoms with van der Waals surface area (Å²) in [6.07, 6.45) is 3.19. The highest BCUT2D eigenvalue weighted by molar-refractivity contribution is 5.94. The topological polar surface area (TPSA) is 84.3 Å². The first-order chi connectivity index (χ1) is 15.6. The predicted octanol–water partition coefficient (Wildman–Crippen LogP) is 2.36. The summed E-state index contributed by atoms with van der Waals surface area (Å²) in [6, 6.07) is 18.8. The van der Waals surface area contributed by atoms with Crippen molar-refractivity contribution < 1.29 is 9.59 Å². The molecule has 7 nitrogen and oxygen atoms in total. The lowest BCUT2D eigenvalue weighted by Gasteiger charge is -2.23. The maximum absolute atomic E-state index is 12.9. The lowest BCUT2D eigenvalue weighted by atomic mass is 9.85. The molecular weight excluding hydrogens is 404 g/mol. The molecule has 1 spiro atoms. The molecule has 3 heterocycles. The van der Waals surface area contributed by atoms with E-state index in [9.17, 15) is 14.4 Å². The van der Waals surface area contributed by atoms with Crippen molar-refractivity contribution in [1.29, 1.82) is 0 Å². The van der Waals surface area contributed by atoms with Gasteiger partial charge in [-0.25, -0.2) is 0 Å². The zero-order chi connectivity index (χ0) is 22.1. The highest BCUT2D eigenvalue weighted by Crippen LogP contribution is 2.41. The maximum Gasteiger partial charge on any atom is 0.285 e. The van der Waals surface area contributed by atoms with Crippen LogP contribution in [0.15, 0.2) is 71.7 Å².